The number of rotatable bonds is 2. The summed E-state index contributed by atoms with van der Waals surface area (Å²) < 4.78 is 0. The van der Waals surface area contributed by atoms with Crippen molar-refractivity contribution in [1.29, 1.82) is 0 Å². The molecule has 0 saturated heterocycles. The molecular weight excluding hydrogens is 110 g/mol. The van der Waals surface area contributed by atoms with Gasteiger partial charge in [0.25, 0.3) is 0 Å². The fourth-order valence-electron chi connectivity index (χ4n) is 1.82. The van der Waals surface area contributed by atoms with Crippen LogP contribution in [0.25, 0.3) is 0 Å². The fraction of sp³-hybridized carbons (Fsp3) is 1.00. The maximum Gasteiger partial charge on any atom is -0.00746 e. The van der Waals surface area contributed by atoms with E-state index < -0.39 is 0 Å². The van der Waals surface area contributed by atoms with Crippen LogP contribution < -0.4 is 5.73 Å². The monoisotopic (exact) mass is 127 g/mol. The van der Waals surface area contributed by atoms with E-state index in [1.165, 1.54) is 25.7 Å². The minimum Gasteiger partial charge on any atom is -0.330 e. The molecule has 0 aromatic heterocycles. The summed E-state index contributed by atoms with van der Waals surface area (Å²) in [5.41, 5.74) is 5.45. The first-order chi connectivity index (χ1) is 4.33. The van der Waals surface area contributed by atoms with Crippen molar-refractivity contribution in [3.05, 3.63) is 0 Å². The summed E-state index contributed by atoms with van der Waals surface area (Å²) in [7, 11) is 0. The van der Waals surface area contributed by atoms with E-state index >= 15 is 0 Å². The zero-order chi connectivity index (χ0) is 6.69. The third-order valence-corrected chi connectivity index (χ3v) is 2.38. The third-order valence-electron chi connectivity index (χ3n) is 2.38. The Morgan fingerprint density at radius 3 is 2.67 bits per heavy atom. The summed E-state index contributed by atoms with van der Waals surface area (Å²) in [4.78, 5) is 0. The van der Waals surface area contributed by atoms with Crippen LogP contribution in [-0.2, 0) is 0 Å². The zero-order valence-electron chi connectivity index (χ0n) is 6.27. The van der Waals surface area contributed by atoms with Gasteiger partial charge >= 0.3 is 0 Å². The van der Waals surface area contributed by atoms with Gasteiger partial charge < -0.3 is 5.73 Å². The third kappa shape index (κ3) is 1.98. The first-order valence-electron chi connectivity index (χ1n) is 4.03. The van der Waals surface area contributed by atoms with Crippen molar-refractivity contribution in [2.45, 2.75) is 32.6 Å². The molecule has 0 radical (unpaired) electrons. The van der Waals surface area contributed by atoms with E-state index in [9.17, 15) is 0 Å². The minimum absolute atomic E-state index is 0.886. The maximum atomic E-state index is 5.45. The Bertz CT molecular complexity index is 78.6. The lowest BCUT2D eigenvalue weighted by Gasteiger charge is -2.05. The fourth-order valence-corrected chi connectivity index (χ4v) is 1.82. The Kier molecular flexibility index (Phi) is 2.52. The van der Waals surface area contributed by atoms with Gasteiger partial charge in [-0.25, -0.2) is 0 Å². The van der Waals surface area contributed by atoms with E-state index in [0.717, 1.165) is 18.4 Å². The lowest BCUT2D eigenvalue weighted by Crippen LogP contribution is -2.05. The van der Waals surface area contributed by atoms with Gasteiger partial charge in [0, 0.05) is 0 Å². The Hall–Kier alpha value is -0.0400. The second-order valence-corrected chi connectivity index (χ2v) is 3.36. The van der Waals surface area contributed by atoms with Crippen LogP contribution in [0, 0.1) is 11.8 Å². The van der Waals surface area contributed by atoms with Crippen molar-refractivity contribution in [1.82, 2.24) is 0 Å². The van der Waals surface area contributed by atoms with Crippen LogP contribution in [0.3, 0.4) is 0 Å². The average molecular weight is 127 g/mol. The van der Waals surface area contributed by atoms with Gasteiger partial charge in [0.1, 0.15) is 0 Å². The normalized spacial score (nSPS) is 35.3. The van der Waals surface area contributed by atoms with E-state index in [1.54, 1.807) is 0 Å². The standard InChI is InChI=1S/C8H17N/c1-7-2-3-8(6-7)4-5-9/h7-8H,2-6,9H2,1H3. The molecule has 54 valence electrons. The smallest absolute Gasteiger partial charge is 0.00746 e. The predicted molar refractivity (Wildman–Crippen MR) is 40.2 cm³/mol. The summed E-state index contributed by atoms with van der Waals surface area (Å²) in [5.74, 6) is 1.94. The van der Waals surface area contributed by atoms with Crippen LogP contribution in [0.15, 0.2) is 0 Å². The molecule has 0 amide bonds. The van der Waals surface area contributed by atoms with E-state index in [1.807, 2.05) is 0 Å². The molecule has 1 aliphatic carbocycles. The van der Waals surface area contributed by atoms with Crippen molar-refractivity contribution in [2.75, 3.05) is 6.54 Å². The molecule has 0 heterocycles. The largest absolute Gasteiger partial charge is 0.330 e. The van der Waals surface area contributed by atoms with Gasteiger partial charge in [0.2, 0.25) is 0 Å². The highest BCUT2D eigenvalue weighted by atomic mass is 14.5. The van der Waals surface area contributed by atoms with Crippen LogP contribution in [0.4, 0.5) is 0 Å². The highest BCUT2D eigenvalue weighted by Gasteiger charge is 2.19. The van der Waals surface area contributed by atoms with Crippen LogP contribution in [-0.4, -0.2) is 6.54 Å². The first-order valence-corrected chi connectivity index (χ1v) is 4.03. The molecule has 1 nitrogen and oxygen atoms in total. The molecule has 0 aromatic carbocycles. The minimum atomic E-state index is 0.886. The molecule has 1 heteroatoms. The molecule has 1 aliphatic rings. The second-order valence-electron chi connectivity index (χ2n) is 3.36. The summed E-state index contributed by atoms with van der Waals surface area (Å²) in [6.07, 6.45) is 5.55. The second kappa shape index (κ2) is 3.21. The lowest BCUT2D eigenvalue weighted by atomic mass is 10.0. The zero-order valence-corrected chi connectivity index (χ0v) is 6.27. The van der Waals surface area contributed by atoms with E-state index in [4.69, 9.17) is 5.73 Å². The Morgan fingerprint density at radius 1 is 1.44 bits per heavy atom. The maximum absolute atomic E-state index is 5.45. The summed E-state index contributed by atoms with van der Waals surface area (Å²) in [6, 6.07) is 0. The van der Waals surface area contributed by atoms with Gasteiger partial charge in [-0.1, -0.05) is 19.8 Å². The SMILES string of the molecule is CC1CCC(CCN)C1. The van der Waals surface area contributed by atoms with Gasteiger partial charge in [0.05, 0.1) is 0 Å². The van der Waals surface area contributed by atoms with Crippen LogP contribution in [0.5, 0.6) is 0 Å². The molecule has 2 N–H and O–H groups in total. The van der Waals surface area contributed by atoms with E-state index in [0.29, 0.717) is 0 Å². The Balaban J connectivity index is 2.14. The van der Waals surface area contributed by atoms with Gasteiger partial charge in [-0.3, -0.25) is 0 Å². The molecule has 0 aromatic rings. The van der Waals surface area contributed by atoms with Gasteiger partial charge in [-0.15, -0.1) is 0 Å². The van der Waals surface area contributed by atoms with Crippen molar-refractivity contribution in [3.63, 3.8) is 0 Å². The molecule has 2 unspecified atom stereocenters. The quantitative estimate of drug-likeness (QED) is 0.601. The van der Waals surface area contributed by atoms with Crippen molar-refractivity contribution < 1.29 is 0 Å². The number of hydrogen-bond donors (Lipinski definition) is 1. The molecule has 1 saturated carbocycles. The van der Waals surface area contributed by atoms with E-state index in [-0.39, 0.29) is 0 Å². The number of nitrogens with two attached hydrogens (primary N) is 1. The van der Waals surface area contributed by atoms with Crippen molar-refractivity contribution in [2.24, 2.45) is 17.6 Å². The highest BCUT2D eigenvalue weighted by molar-refractivity contribution is 4.72. The topological polar surface area (TPSA) is 26.0 Å². The van der Waals surface area contributed by atoms with Crippen molar-refractivity contribution in [3.8, 4) is 0 Å². The summed E-state index contributed by atoms with van der Waals surface area (Å²) in [5, 5.41) is 0. The Labute approximate surface area is 57.6 Å². The van der Waals surface area contributed by atoms with E-state index in [2.05, 4.69) is 6.92 Å². The van der Waals surface area contributed by atoms with Crippen LogP contribution in [0.1, 0.15) is 32.6 Å². The lowest BCUT2D eigenvalue weighted by molar-refractivity contribution is 0.486. The molecule has 1 rings (SSSR count). The molecule has 2 atom stereocenters. The van der Waals surface area contributed by atoms with Gasteiger partial charge in [0.15, 0.2) is 0 Å². The first kappa shape index (κ1) is 7.07. The summed E-state index contributed by atoms with van der Waals surface area (Å²) in [6.45, 7) is 3.23. The van der Waals surface area contributed by atoms with Gasteiger partial charge in [-0.05, 0) is 31.2 Å². The average Bonchev–Trinajstić information content (AvgIpc) is 2.17. The summed E-state index contributed by atoms with van der Waals surface area (Å²) >= 11 is 0. The Morgan fingerprint density at radius 2 is 2.22 bits per heavy atom. The molecule has 1 fully saturated rings. The van der Waals surface area contributed by atoms with Crippen LogP contribution in [0.2, 0.25) is 0 Å². The van der Waals surface area contributed by atoms with Crippen molar-refractivity contribution >= 4 is 0 Å². The molecule has 0 spiro atoms. The molecule has 9 heavy (non-hydrogen) atoms. The predicted octanol–water partition coefficient (Wildman–Crippen LogP) is 1.77. The van der Waals surface area contributed by atoms with Gasteiger partial charge in [-0.2, -0.15) is 0 Å². The number of hydrogen-bond acceptors (Lipinski definition) is 1. The van der Waals surface area contributed by atoms with Crippen LogP contribution >= 0.6 is 0 Å². The molecule has 0 bridgehead atoms. The molecule has 0 aliphatic heterocycles. The molecular formula is C8H17N. The highest BCUT2D eigenvalue weighted by Crippen LogP contribution is 2.31.